The number of methoxy groups -OCH3 is 1. The molecule has 0 saturated carbocycles. The molecule has 1 aliphatic heterocycles. The van der Waals surface area contributed by atoms with Crippen molar-refractivity contribution in [3.63, 3.8) is 0 Å². The van der Waals surface area contributed by atoms with Gasteiger partial charge in [0, 0.05) is 11.6 Å². The van der Waals surface area contributed by atoms with E-state index in [1.165, 1.54) is 11.1 Å². The van der Waals surface area contributed by atoms with Crippen LogP contribution in [0, 0.1) is 13.8 Å². The molecule has 2 unspecified atom stereocenters. The molecule has 1 aromatic carbocycles. The number of ether oxygens (including phenoxy) is 1. The standard InChI is InChI=1S/C15H23NO2/c1-10-8-12(13(18-4)9-11(10)2)15(3,17)14-6-5-7-16-14/h8-9,14,16-17H,5-7H2,1-4H3. The molecule has 2 N–H and O–H groups in total. The summed E-state index contributed by atoms with van der Waals surface area (Å²) in [6.45, 7) is 6.98. The normalized spacial score (nSPS) is 22.8. The number of aliphatic hydroxyl groups is 1. The Balaban J connectivity index is 2.44. The van der Waals surface area contributed by atoms with E-state index in [2.05, 4.69) is 19.2 Å². The van der Waals surface area contributed by atoms with E-state index < -0.39 is 5.60 Å². The van der Waals surface area contributed by atoms with Crippen LogP contribution in [-0.2, 0) is 5.60 Å². The average molecular weight is 249 g/mol. The molecule has 0 aliphatic carbocycles. The van der Waals surface area contributed by atoms with Gasteiger partial charge in [0.1, 0.15) is 11.4 Å². The van der Waals surface area contributed by atoms with Gasteiger partial charge in [0.15, 0.2) is 0 Å². The van der Waals surface area contributed by atoms with Crippen LogP contribution in [0.15, 0.2) is 12.1 Å². The Bertz CT molecular complexity index is 434. The summed E-state index contributed by atoms with van der Waals surface area (Å²) in [5.74, 6) is 0.775. The zero-order chi connectivity index (χ0) is 13.3. The van der Waals surface area contributed by atoms with Crippen molar-refractivity contribution in [3.8, 4) is 5.75 Å². The molecular weight excluding hydrogens is 226 g/mol. The second kappa shape index (κ2) is 4.90. The quantitative estimate of drug-likeness (QED) is 0.863. The Hall–Kier alpha value is -1.06. The highest BCUT2D eigenvalue weighted by atomic mass is 16.5. The minimum Gasteiger partial charge on any atom is -0.496 e. The van der Waals surface area contributed by atoms with E-state index in [9.17, 15) is 5.11 Å². The van der Waals surface area contributed by atoms with Gasteiger partial charge in [-0.25, -0.2) is 0 Å². The SMILES string of the molecule is COc1cc(C)c(C)cc1C(C)(O)C1CCCN1. The summed E-state index contributed by atoms with van der Waals surface area (Å²) in [6, 6.07) is 4.16. The summed E-state index contributed by atoms with van der Waals surface area (Å²) in [5, 5.41) is 14.2. The molecule has 0 spiro atoms. The van der Waals surface area contributed by atoms with Gasteiger partial charge >= 0.3 is 0 Å². The molecule has 100 valence electrons. The first-order valence-corrected chi connectivity index (χ1v) is 6.58. The predicted octanol–water partition coefficient (Wildman–Crippen LogP) is 2.27. The molecule has 1 saturated heterocycles. The second-order valence-electron chi connectivity index (χ2n) is 5.43. The molecule has 0 bridgehead atoms. The Morgan fingerprint density at radius 2 is 2.00 bits per heavy atom. The smallest absolute Gasteiger partial charge is 0.125 e. The molecule has 1 fully saturated rings. The predicted molar refractivity (Wildman–Crippen MR) is 73.1 cm³/mol. The maximum absolute atomic E-state index is 10.9. The fraction of sp³-hybridized carbons (Fsp3) is 0.600. The molecule has 1 aromatic rings. The van der Waals surface area contributed by atoms with Gasteiger partial charge in [-0.05, 0) is 63.4 Å². The third-order valence-corrected chi connectivity index (χ3v) is 4.10. The highest BCUT2D eigenvalue weighted by molar-refractivity contribution is 5.45. The van der Waals surface area contributed by atoms with Crippen LogP contribution in [0.2, 0.25) is 0 Å². The van der Waals surface area contributed by atoms with Crippen LogP contribution in [0.4, 0.5) is 0 Å². The van der Waals surface area contributed by atoms with E-state index in [0.29, 0.717) is 0 Å². The number of nitrogens with one attached hydrogen (secondary N) is 1. The first kappa shape index (κ1) is 13.4. The summed E-state index contributed by atoms with van der Waals surface area (Å²) >= 11 is 0. The topological polar surface area (TPSA) is 41.5 Å². The zero-order valence-corrected chi connectivity index (χ0v) is 11.7. The summed E-state index contributed by atoms with van der Waals surface area (Å²) in [4.78, 5) is 0. The third-order valence-electron chi connectivity index (χ3n) is 4.10. The van der Waals surface area contributed by atoms with Crippen molar-refractivity contribution >= 4 is 0 Å². The van der Waals surface area contributed by atoms with Gasteiger partial charge < -0.3 is 15.2 Å². The van der Waals surface area contributed by atoms with Gasteiger partial charge in [0.25, 0.3) is 0 Å². The molecule has 0 radical (unpaired) electrons. The lowest BCUT2D eigenvalue weighted by atomic mass is 9.85. The lowest BCUT2D eigenvalue weighted by Crippen LogP contribution is -2.43. The van der Waals surface area contributed by atoms with Gasteiger partial charge in [0.05, 0.1) is 7.11 Å². The summed E-state index contributed by atoms with van der Waals surface area (Å²) in [5.41, 5.74) is 2.36. The minimum atomic E-state index is -0.889. The molecule has 3 heteroatoms. The van der Waals surface area contributed by atoms with Crippen molar-refractivity contribution in [1.29, 1.82) is 0 Å². The fourth-order valence-electron chi connectivity index (χ4n) is 2.71. The van der Waals surface area contributed by atoms with Gasteiger partial charge in [-0.15, -0.1) is 0 Å². The van der Waals surface area contributed by atoms with Gasteiger partial charge in [0.2, 0.25) is 0 Å². The van der Waals surface area contributed by atoms with Gasteiger partial charge in [-0.2, -0.15) is 0 Å². The molecule has 18 heavy (non-hydrogen) atoms. The van der Waals surface area contributed by atoms with E-state index in [4.69, 9.17) is 4.74 Å². The highest BCUT2D eigenvalue weighted by Gasteiger charge is 2.37. The maximum atomic E-state index is 10.9. The van der Waals surface area contributed by atoms with Crippen LogP contribution in [-0.4, -0.2) is 24.8 Å². The van der Waals surface area contributed by atoms with Crippen molar-refractivity contribution in [2.75, 3.05) is 13.7 Å². The molecular formula is C15H23NO2. The monoisotopic (exact) mass is 249 g/mol. The lowest BCUT2D eigenvalue weighted by molar-refractivity contribution is 0.0196. The molecule has 3 nitrogen and oxygen atoms in total. The molecule has 0 amide bonds. The second-order valence-corrected chi connectivity index (χ2v) is 5.43. The van der Waals surface area contributed by atoms with E-state index in [0.717, 1.165) is 30.7 Å². The van der Waals surface area contributed by atoms with Crippen LogP contribution in [0.5, 0.6) is 5.75 Å². The van der Waals surface area contributed by atoms with E-state index in [1.54, 1.807) is 7.11 Å². The number of hydrogen-bond acceptors (Lipinski definition) is 3. The van der Waals surface area contributed by atoms with Crippen molar-refractivity contribution < 1.29 is 9.84 Å². The number of aryl methyl sites for hydroxylation is 2. The van der Waals surface area contributed by atoms with Crippen molar-refractivity contribution in [2.24, 2.45) is 0 Å². The van der Waals surface area contributed by atoms with Crippen LogP contribution in [0.3, 0.4) is 0 Å². The highest BCUT2D eigenvalue weighted by Crippen LogP contribution is 2.36. The Kier molecular flexibility index (Phi) is 3.64. The molecule has 1 heterocycles. The molecule has 0 aromatic heterocycles. The zero-order valence-electron chi connectivity index (χ0n) is 11.7. The third kappa shape index (κ3) is 2.25. The Morgan fingerprint density at radius 3 is 2.56 bits per heavy atom. The number of hydrogen-bond donors (Lipinski definition) is 2. The van der Waals surface area contributed by atoms with E-state index in [1.807, 2.05) is 19.1 Å². The Morgan fingerprint density at radius 1 is 1.33 bits per heavy atom. The molecule has 2 rings (SSSR count). The molecule has 2 atom stereocenters. The maximum Gasteiger partial charge on any atom is 0.125 e. The van der Waals surface area contributed by atoms with E-state index in [-0.39, 0.29) is 6.04 Å². The van der Waals surface area contributed by atoms with Crippen LogP contribution in [0.25, 0.3) is 0 Å². The number of rotatable bonds is 3. The lowest BCUT2D eigenvalue weighted by Gasteiger charge is -2.32. The minimum absolute atomic E-state index is 0.105. The summed E-state index contributed by atoms with van der Waals surface area (Å²) in [6.07, 6.45) is 2.12. The van der Waals surface area contributed by atoms with Crippen LogP contribution in [0.1, 0.15) is 36.5 Å². The van der Waals surface area contributed by atoms with Gasteiger partial charge in [-0.1, -0.05) is 0 Å². The Labute approximate surface area is 109 Å². The largest absolute Gasteiger partial charge is 0.496 e. The van der Waals surface area contributed by atoms with Crippen molar-refractivity contribution in [3.05, 3.63) is 28.8 Å². The van der Waals surface area contributed by atoms with Crippen molar-refractivity contribution in [1.82, 2.24) is 5.32 Å². The fourth-order valence-corrected chi connectivity index (χ4v) is 2.71. The average Bonchev–Trinajstić information content (AvgIpc) is 2.86. The van der Waals surface area contributed by atoms with Gasteiger partial charge in [-0.3, -0.25) is 0 Å². The molecule has 1 aliphatic rings. The summed E-state index contributed by atoms with van der Waals surface area (Å²) in [7, 11) is 1.66. The first-order chi connectivity index (χ1) is 8.46. The van der Waals surface area contributed by atoms with Crippen LogP contribution < -0.4 is 10.1 Å². The summed E-state index contributed by atoms with van der Waals surface area (Å²) < 4.78 is 5.44. The van der Waals surface area contributed by atoms with E-state index >= 15 is 0 Å². The first-order valence-electron chi connectivity index (χ1n) is 6.58. The van der Waals surface area contributed by atoms with Crippen molar-refractivity contribution in [2.45, 2.75) is 45.3 Å². The van der Waals surface area contributed by atoms with Crippen LogP contribution >= 0.6 is 0 Å². The number of benzene rings is 1.